The lowest BCUT2D eigenvalue weighted by Gasteiger charge is -2.73. The summed E-state index contributed by atoms with van der Waals surface area (Å²) in [6.45, 7) is 2.48. The van der Waals surface area contributed by atoms with Gasteiger partial charge in [-0.1, -0.05) is 18.6 Å². The van der Waals surface area contributed by atoms with E-state index >= 15 is 0 Å². The van der Waals surface area contributed by atoms with Crippen LogP contribution in [0.15, 0.2) is 58.4 Å². The molecule has 0 aliphatic heterocycles. The molecule has 2 aromatic carbocycles. The smallest absolute Gasteiger partial charge is 0.370 e. The molecule has 4 fully saturated rings. The van der Waals surface area contributed by atoms with Crippen molar-refractivity contribution in [3.05, 3.63) is 65.5 Å². The first-order valence-electron chi connectivity index (χ1n) is 14.2. The minimum Gasteiger partial charge on any atom is -0.370 e. The van der Waals surface area contributed by atoms with Crippen molar-refractivity contribution in [3.8, 4) is 0 Å². The second-order valence-electron chi connectivity index (χ2n) is 12.1. The number of alkyl halides is 3. The minimum atomic E-state index is -4.50. The average Bonchev–Trinajstić information content (AvgIpc) is 2.85. The number of rotatable bonds is 11. The number of nitrogens with one attached hydrogen (secondary N) is 2. The summed E-state index contributed by atoms with van der Waals surface area (Å²) in [5.74, 6) is 0.684. The van der Waals surface area contributed by atoms with E-state index in [1.54, 1.807) is 7.05 Å². The highest BCUT2D eigenvalue weighted by Crippen LogP contribution is 2.71. The van der Waals surface area contributed by atoms with E-state index in [4.69, 9.17) is 0 Å². The third-order valence-corrected chi connectivity index (χ3v) is 10.9. The Morgan fingerprint density at radius 2 is 1.69 bits per heavy atom. The molecule has 12 heteroatoms. The van der Waals surface area contributed by atoms with E-state index < -0.39 is 33.1 Å². The monoisotopic (exact) mass is 608 g/mol. The quantitative estimate of drug-likeness (QED) is 0.207. The Morgan fingerprint density at radius 1 is 1.07 bits per heavy atom. The molecular weight excluding hydrogens is 572 g/mol. The van der Waals surface area contributed by atoms with Crippen LogP contribution in [-0.2, 0) is 27.5 Å². The Kier molecular flexibility index (Phi) is 8.17. The van der Waals surface area contributed by atoms with Gasteiger partial charge in [0.05, 0.1) is 10.5 Å². The molecule has 2 bridgehead atoms. The zero-order chi connectivity index (χ0) is 30.3. The molecule has 4 saturated carbocycles. The summed E-state index contributed by atoms with van der Waals surface area (Å²) >= 11 is 0. The highest BCUT2D eigenvalue weighted by molar-refractivity contribution is 7.89. The van der Waals surface area contributed by atoms with Gasteiger partial charge >= 0.3 is 6.18 Å². The zero-order valence-electron chi connectivity index (χ0n) is 23.7. The van der Waals surface area contributed by atoms with Crippen LogP contribution in [0.1, 0.15) is 63.0 Å². The van der Waals surface area contributed by atoms with Crippen molar-refractivity contribution in [2.24, 2.45) is 16.3 Å². The van der Waals surface area contributed by atoms with Crippen LogP contribution in [0, 0.1) is 17.2 Å². The van der Waals surface area contributed by atoms with Crippen molar-refractivity contribution in [1.29, 1.82) is 0 Å². The summed E-state index contributed by atoms with van der Waals surface area (Å²) in [4.78, 5) is 16.8. The Bertz CT molecular complexity index is 1420. The van der Waals surface area contributed by atoms with Crippen molar-refractivity contribution in [2.75, 3.05) is 13.6 Å². The molecule has 0 saturated heterocycles. The van der Waals surface area contributed by atoms with Crippen LogP contribution >= 0.6 is 0 Å². The largest absolute Gasteiger partial charge is 0.416 e. The fraction of sp³-hybridized carbons (Fsp3) is 0.533. The number of hydrogen-bond donors (Lipinski definition) is 2. The molecule has 4 aliphatic rings. The molecule has 0 radical (unpaired) electrons. The number of halogens is 4. The molecular formula is C30H36F4N4O3S. The standard InChI is InChI=1S/C30H36F4N4O3S/c1-20(14-26(39)36-15-21-4-3-5-21)37-27(35-2)28-17-29(18-28,19-28)38(42(40,41)25-12-10-24(31)11-13-25)16-22-6-8-23(9-7-22)30(32,33)34/h6-13,20-21H,3-5,14-19H2,1-2H3,(H,35,37)(H,36,39). The number of carbonyl (C=O) groups is 1. The molecule has 42 heavy (non-hydrogen) atoms. The number of amidine groups is 1. The van der Waals surface area contributed by atoms with Gasteiger partial charge in [-0.15, -0.1) is 0 Å². The Balaban J connectivity index is 1.29. The maximum Gasteiger partial charge on any atom is 0.416 e. The number of amides is 1. The molecule has 2 aromatic rings. The third kappa shape index (κ3) is 5.92. The molecule has 228 valence electrons. The summed E-state index contributed by atoms with van der Waals surface area (Å²) in [7, 11) is -2.45. The summed E-state index contributed by atoms with van der Waals surface area (Å²) in [5, 5.41) is 6.37. The van der Waals surface area contributed by atoms with Crippen LogP contribution in [0.3, 0.4) is 0 Å². The first-order valence-corrected chi connectivity index (χ1v) is 15.7. The number of nitrogens with zero attached hydrogens (tertiary/aromatic N) is 2. The Labute approximate surface area is 243 Å². The lowest BCUT2D eigenvalue weighted by molar-refractivity contribution is -0.151. The van der Waals surface area contributed by atoms with E-state index in [0.717, 1.165) is 42.9 Å². The first-order chi connectivity index (χ1) is 19.8. The normalized spacial score (nSPS) is 24.8. The van der Waals surface area contributed by atoms with Gasteiger partial charge < -0.3 is 10.6 Å². The van der Waals surface area contributed by atoms with Gasteiger partial charge in [-0.3, -0.25) is 9.79 Å². The lowest BCUT2D eigenvalue weighted by atomic mass is 9.38. The lowest BCUT2D eigenvalue weighted by Crippen LogP contribution is -2.78. The highest BCUT2D eigenvalue weighted by atomic mass is 32.2. The molecule has 0 aromatic heterocycles. The zero-order valence-corrected chi connectivity index (χ0v) is 24.5. The Hall–Kier alpha value is -2.99. The molecule has 1 unspecified atom stereocenters. The van der Waals surface area contributed by atoms with Crippen LogP contribution in [0.5, 0.6) is 0 Å². The fourth-order valence-corrected chi connectivity index (χ4v) is 8.26. The second-order valence-corrected chi connectivity index (χ2v) is 14.0. The predicted octanol–water partition coefficient (Wildman–Crippen LogP) is 5.27. The van der Waals surface area contributed by atoms with Crippen LogP contribution in [-0.4, -0.2) is 49.6 Å². The van der Waals surface area contributed by atoms with E-state index in [1.165, 1.54) is 35.0 Å². The van der Waals surface area contributed by atoms with E-state index in [1.807, 2.05) is 6.92 Å². The van der Waals surface area contributed by atoms with Gasteiger partial charge in [-0.25, -0.2) is 12.8 Å². The highest BCUT2D eigenvalue weighted by Gasteiger charge is 2.74. The molecule has 4 aliphatic carbocycles. The maximum atomic E-state index is 13.8. The summed E-state index contributed by atoms with van der Waals surface area (Å²) in [6.07, 6.45) is 0.715. The summed E-state index contributed by atoms with van der Waals surface area (Å²) in [6, 6.07) is 8.82. The predicted molar refractivity (Wildman–Crippen MR) is 151 cm³/mol. The fourth-order valence-electron chi connectivity index (χ4n) is 6.50. The van der Waals surface area contributed by atoms with Gasteiger partial charge in [0.25, 0.3) is 0 Å². The number of benzene rings is 2. The van der Waals surface area contributed by atoms with Crippen molar-refractivity contribution < 1.29 is 30.8 Å². The number of sulfonamides is 1. The number of hydrogen-bond acceptors (Lipinski definition) is 4. The molecule has 1 atom stereocenters. The van der Waals surface area contributed by atoms with Crippen molar-refractivity contribution in [3.63, 3.8) is 0 Å². The maximum absolute atomic E-state index is 13.8. The van der Waals surface area contributed by atoms with Crippen LogP contribution in [0.2, 0.25) is 0 Å². The average molecular weight is 609 g/mol. The topological polar surface area (TPSA) is 90.9 Å². The van der Waals surface area contributed by atoms with Crippen molar-refractivity contribution in [2.45, 2.75) is 81.1 Å². The van der Waals surface area contributed by atoms with Gasteiger partial charge in [0.1, 0.15) is 11.7 Å². The van der Waals surface area contributed by atoms with Crippen molar-refractivity contribution in [1.82, 2.24) is 14.9 Å². The molecule has 7 nitrogen and oxygen atoms in total. The Morgan fingerprint density at radius 3 is 2.21 bits per heavy atom. The number of aliphatic imine (C=N–C) groups is 1. The van der Waals surface area contributed by atoms with E-state index in [2.05, 4.69) is 15.6 Å². The molecule has 2 N–H and O–H groups in total. The van der Waals surface area contributed by atoms with Gasteiger partial charge in [0.2, 0.25) is 15.9 Å². The van der Waals surface area contributed by atoms with Crippen LogP contribution in [0.4, 0.5) is 17.6 Å². The van der Waals surface area contributed by atoms with Gasteiger partial charge in [-0.2, -0.15) is 17.5 Å². The molecule has 0 spiro atoms. The van der Waals surface area contributed by atoms with E-state index in [9.17, 15) is 30.8 Å². The summed E-state index contributed by atoms with van der Waals surface area (Å²) in [5.41, 5.74) is -1.53. The van der Waals surface area contributed by atoms with Crippen LogP contribution in [0.25, 0.3) is 0 Å². The molecule has 6 rings (SSSR count). The second kappa shape index (κ2) is 11.3. The van der Waals surface area contributed by atoms with Crippen molar-refractivity contribution >= 4 is 21.8 Å². The first kappa shape index (κ1) is 30.5. The molecule has 1 amide bonds. The van der Waals surface area contributed by atoms with Gasteiger partial charge in [0, 0.05) is 43.6 Å². The van der Waals surface area contributed by atoms with Gasteiger partial charge in [-0.05, 0) is 86.9 Å². The van der Waals surface area contributed by atoms with E-state index in [0.29, 0.717) is 37.3 Å². The van der Waals surface area contributed by atoms with Gasteiger partial charge in [0.15, 0.2) is 0 Å². The molecule has 0 heterocycles. The number of carbonyl (C=O) groups excluding carboxylic acids is 1. The summed E-state index contributed by atoms with van der Waals surface area (Å²) < 4.78 is 82.0. The van der Waals surface area contributed by atoms with Crippen LogP contribution < -0.4 is 10.6 Å². The van der Waals surface area contributed by atoms with E-state index in [-0.39, 0.29) is 35.2 Å². The minimum absolute atomic E-state index is 0.0282. The third-order valence-electron chi connectivity index (χ3n) is 8.95. The SMILES string of the molecule is CN=C(NC(C)CC(=O)NCC1CCC1)C12CC(N(Cc3ccc(C(F)(F)F)cc3)S(=O)(=O)c3ccc(F)cc3)(C1)C2.